The van der Waals surface area contributed by atoms with Crippen molar-refractivity contribution in [1.29, 1.82) is 5.26 Å². The van der Waals surface area contributed by atoms with Crippen LogP contribution in [0.3, 0.4) is 0 Å². The summed E-state index contributed by atoms with van der Waals surface area (Å²) < 4.78 is 13.1. The third kappa shape index (κ3) is 3.77. The Bertz CT molecular complexity index is 777. The fourth-order valence-electron chi connectivity index (χ4n) is 5.02. The van der Waals surface area contributed by atoms with E-state index in [0.717, 1.165) is 51.6 Å². The molecule has 140 valence electrons. The molecule has 27 heavy (non-hydrogen) atoms. The van der Waals surface area contributed by atoms with Crippen molar-refractivity contribution in [1.82, 2.24) is 4.90 Å². The van der Waals surface area contributed by atoms with Gasteiger partial charge in [-0.25, -0.2) is 4.39 Å². The second-order valence-electron chi connectivity index (χ2n) is 8.15. The van der Waals surface area contributed by atoms with Gasteiger partial charge in [-0.2, -0.15) is 5.26 Å². The molecular weight excluding hydrogens is 335 g/mol. The first-order chi connectivity index (χ1) is 13.2. The molecule has 0 aromatic heterocycles. The lowest BCUT2D eigenvalue weighted by molar-refractivity contribution is 0.108. The highest BCUT2D eigenvalue weighted by molar-refractivity contribution is 5.33. The van der Waals surface area contributed by atoms with Crippen LogP contribution in [0.2, 0.25) is 0 Å². The molecule has 0 spiro atoms. The number of likely N-dealkylation sites (tertiary alicyclic amines) is 1. The van der Waals surface area contributed by atoms with E-state index in [4.69, 9.17) is 0 Å². The van der Waals surface area contributed by atoms with E-state index in [1.54, 1.807) is 12.1 Å². The van der Waals surface area contributed by atoms with Gasteiger partial charge in [0.25, 0.3) is 0 Å². The largest absolute Gasteiger partial charge is 0.300 e. The minimum atomic E-state index is -0.301. The summed E-state index contributed by atoms with van der Waals surface area (Å²) in [5.41, 5.74) is 2.15. The Morgan fingerprint density at radius 3 is 2.11 bits per heavy atom. The summed E-state index contributed by atoms with van der Waals surface area (Å²) in [6.07, 6.45) is 6.40. The van der Waals surface area contributed by atoms with E-state index in [1.807, 2.05) is 30.3 Å². The Kier molecular flexibility index (Phi) is 5.27. The van der Waals surface area contributed by atoms with Gasteiger partial charge >= 0.3 is 0 Å². The predicted molar refractivity (Wildman–Crippen MR) is 106 cm³/mol. The van der Waals surface area contributed by atoms with Crippen molar-refractivity contribution in [2.45, 2.75) is 55.9 Å². The molecule has 0 unspecified atom stereocenters. The molecule has 0 atom stereocenters. The van der Waals surface area contributed by atoms with E-state index in [9.17, 15) is 9.65 Å². The van der Waals surface area contributed by atoms with Crippen molar-refractivity contribution in [3.05, 3.63) is 71.5 Å². The Hall–Kier alpha value is -2.18. The van der Waals surface area contributed by atoms with Crippen LogP contribution in [-0.4, -0.2) is 24.0 Å². The molecule has 2 aromatic rings. The molecule has 0 N–H and O–H groups in total. The van der Waals surface area contributed by atoms with E-state index >= 15 is 0 Å². The zero-order valence-corrected chi connectivity index (χ0v) is 15.8. The van der Waals surface area contributed by atoms with Gasteiger partial charge in [-0.05, 0) is 80.8 Å². The lowest BCUT2D eigenvalue weighted by Crippen LogP contribution is -2.45. The highest BCUT2D eigenvalue weighted by Crippen LogP contribution is 2.41. The number of halogens is 1. The molecule has 3 heteroatoms. The standard InChI is InChI=1S/C24H27FN2/c25-22-8-6-19(7-9-22)20-12-16-27(17-13-20)23-10-14-24(18-26,15-11-23)21-4-2-1-3-5-21/h1-9,20,23H,10-17H2/t23-,24+. The van der Waals surface area contributed by atoms with Crippen LogP contribution in [0, 0.1) is 17.1 Å². The van der Waals surface area contributed by atoms with Crippen molar-refractivity contribution in [3.8, 4) is 6.07 Å². The molecule has 2 aliphatic rings. The Morgan fingerprint density at radius 1 is 0.889 bits per heavy atom. The van der Waals surface area contributed by atoms with Crippen molar-refractivity contribution in [2.75, 3.05) is 13.1 Å². The van der Waals surface area contributed by atoms with Crippen LogP contribution in [0.15, 0.2) is 54.6 Å². The molecular formula is C24H27FN2. The second kappa shape index (κ2) is 7.82. The summed E-state index contributed by atoms with van der Waals surface area (Å²) in [5, 5.41) is 9.88. The molecule has 0 bridgehead atoms. The van der Waals surface area contributed by atoms with Gasteiger partial charge in [0.2, 0.25) is 0 Å². The zero-order chi connectivity index (χ0) is 18.7. The van der Waals surface area contributed by atoms with Crippen molar-refractivity contribution in [2.24, 2.45) is 0 Å². The third-order valence-electron chi connectivity index (χ3n) is 6.74. The Morgan fingerprint density at radius 2 is 1.52 bits per heavy atom. The fourth-order valence-corrected chi connectivity index (χ4v) is 5.02. The average molecular weight is 362 g/mol. The first kappa shape index (κ1) is 18.2. The SMILES string of the molecule is N#C[C@]1(c2ccccc2)CC[C@@H](N2CCC(c3ccc(F)cc3)CC2)CC1. The number of hydrogen-bond donors (Lipinski definition) is 0. The van der Waals surface area contributed by atoms with Crippen LogP contribution < -0.4 is 0 Å². The van der Waals surface area contributed by atoms with Crippen molar-refractivity contribution >= 4 is 0 Å². The van der Waals surface area contributed by atoms with E-state index in [-0.39, 0.29) is 11.2 Å². The van der Waals surface area contributed by atoms with Crippen molar-refractivity contribution < 1.29 is 4.39 Å². The van der Waals surface area contributed by atoms with Gasteiger partial charge < -0.3 is 4.90 Å². The smallest absolute Gasteiger partial charge is 0.123 e. The second-order valence-corrected chi connectivity index (χ2v) is 8.15. The van der Waals surface area contributed by atoms with Gasteiger partial charge in [0, 0.05) is 6.04 Å². The molecule has 0 amide bonds. The van der Waals surface area contributed by atoms with Crippen LogP contribution in [0.4, 0.5) is 4.39 Å². The van der Waals surface area contributed by atoms with E-state index in [1.165, 1.54) is 11.1 Å². The number of piperidine rings is 1. The Labute approximate surface area is 161 Å². The van der Waals surface area contributed by atoms with Crippen LogP contribution in [0.1, 0.15) is 55.6 Å². The first-order valence-corrected chi connectivity index (χ1v) is 10.2. The van der Waals surface area contributed by atoms with Gasteiger partial charge in [0.15, 0.2) is 0 Å². The molecule has 1 saturated carbocycles. The van der Waals surface area contributed by atoms with E-state index in [0.29, 0.717) is 12.0 Å². The quantitative estimate of drug-likeness (QED) is 0.730. The number of nitrogens with zero attached hydrogens (tertiary/aromatic N) is 2. The molecule has 4 rings (SSSR count). The minimum absolute atomic E-state index is 0.155. The highest BCUT2D eigenvalue weighted by Gasteiger charge is 2.39. The summed E-state index contributed by atoms with van der Waals surface area (Å²) in [6.45, 7) is 2.22. The topological polar surface area (TPSA) is 27.0 Å². The predicted octanol–water partition coefficient (Wildman–Crippen LogP) is 5.41. The van der Waals surface area contributed by atoms with Crippen molar-refractivity contribution in [3.63, 3.8) is 0 Å². The van der Waals surface area contributed by atoms with Crippen LogP contribution in [-0.2, 0) is 5.41 Å². The number of nitriles is 1. The Balaban J connectivity index is 1.34. The van der Waals surface area contributed by atoms with Gasteiger partial charge in [-0.3, -0.25) is 0 Å². The number of benzene rings is 2. The van der Waals surface area contributed by atoms with Gasteiger partial charge in [-0.1, -0.05) is 42.5 Å². The highest BCUT2D eigenvalue weighted by atomic mass is 19.1. The van der Waals surface area contributed by atoms with E-state index in [2.05, 4.69) is 23.1 Å². The van der Waals surface area contributed by atoms with Crippen LogP contribution in [0.25, 0.3) is 0 Å². The van der Waals surface area contributed by atoms with E-state index < -0.39 is 0 Å². The summed E-state index contributed by atoms with van der Waals surface area (Å²) in [5.74, 6) is 0.394. The minimum Gasteiger partial charge on any atom is -0.300 e. The average Bonchev–Trinajstić information content (AvgIpc) is 2.75. The maximum absolute atomic E-state index is 13.1. The fraction of sp³-hybridized carbons (Fsp3) is 0.458. The van der Waals surface area contributed by atoms with Gasteiger partial charge in [0.05, 0.1) is 11.5 Å². The number of rotatable bonds is 3. The maximum atomic E-state index is 13.1. The normalized spacial score (nSPS) is 27.2. The molecule has 2 nitrogen and oxygen atoms in total. The summed E-state index contributed by atoms with van der Waals surface area (Å²) in [4.78, 5) is 2.63. The third-order valence-corrected chi connectivity index (χ3v) is 6.74. The first-order valence-electron chi connectivity index (χ1n) is 10.2. The van der Waals surface area contributed by atoms with Gasteiger partial charge in [0.1, 0.15) is 5.82 Å². The maximum Gasteiger partial charge on any atom is 0.123 e. The summed E-state index contributed by atoms with van der Waals surface area (Å²) in [7, 11) is 0. The molecule has 1 saturated heterocycles. The monoisotopic (exact) mass is 362 g/mol. The molecule has 2 aromatic carbocycles. The molecule has 2 fully saturated rings. The molecule has 1 aliphatic heterocycles. The molecule has 1 aliphatic carbocycles. The zero-order valence-electron chi connectivity index (χ0n) is 15.8. The lowest BCUT2D eigenvalue weighted by Gasteiger charge is -2.43. The van der Waals surface area contributed by atoms with Gasteiger partial charge in [-0.15, -0.1) is 0 Å². The summed E-state index contributed by atoms with van der Waals surface area (Å²) >= 11 is 0. The number of hydrogen-bond acceptors (Lipinski definition) is 2. The van der Waals surface area contributed by atoms with Crippen LogP contribution >= 0.6 is 0 Å². The molecule has 0 radical (unpaired) electrons. The van der Waals surface area contributed by atoms with Crippen LogP contribution in [0.5, 0.6) is 0 Å². The molecule has 1 heterocycles. The lowest BCUT2D eigenvalue weighted by atomic mass is 9.69. The summed E-state index contributed by atoms with van der Waals surface area (Å²) in [6, 6.07) is 20.6.